The van der Waals surface area contributed by atoms with Gasteiger partial charge in [-0.05, 0) is 29.8 Å². The van der Waals surface area contributed by atoms with Gasteiger partial charge >= 0.3 is 0 Å². The van der Waals surface area contributed by atoms with Crippen LogP contribution in [-0.4, -0.2) is 34.9 Å². The molecule has 1 atom stereocenters. The number of nitrogens with zero attached hydrogens (tertiary/aromatic N) is 3. The van der Waals surface area contributed by atoms with Crippen LogP contribution in [-0.2, 0) is 11.2 Å². The van der Waals surface area contributed by atoms with Crippen LogP contribution >= 0.6 is 11.6 Å². The van der Waals surface area contributed by atoms with Gasteiger partial charge in [-0.2, -0.15) is 0 Å². The van der Waals surface area contributed by atoms with Gasteiger partial charge in [0.05, 0.1) is 16.9 Å². The van der Waals surface area contributed by atoms with E-state index < -0.39 is 6.04 Å². The van der Waals surface area contributed by atoms with Crippen LogP contribution in [0.2, 0.25) is 5.02 Å². The minimum atomic E-state index is -0.659. The van der Waals surface area contributed by atoms with E-state index >= 15 is 0 Å². The van der Waals surface area contributed by atoms with Gasteiger partial charge in [0.25, 0.3) is 5.91 Å². The second-order valence-electron chi connectivity index (χ2n) is 6.58. The van der Waals surface area contributed by atoms with Gasteiger partial charge < -0.3 is 10.2 Å². The molecule has 140 valence electrons. The normalized spacial score (nSPS) is 16.4. The highest BCUT2D eigenvalue weighted by Gasteiger charge is 2.31. The van der Waals surface area contributed by atoms with E-state index in [-0.39, 0.29) is 11.8 Å². The van der Waals surface area contributed by atoms with E-state index in [1.54, 1.807) is 31.4 Å². The fourth-order valence-electron chi connectivity index (χ4n) is 3.28. The van der Waals surface area contributed by atoms with Crippen LogP contribution in [0.3, 0.4) is 0 Å². The average Bonchev–Trinajstić information content (AvgIpc) is 2.80. The number of fused-ring (bicyclic) bond motifs is 1. The predicted octanol–water partition coefficient (Wildman–Crippen LogP) is 3.11. The van der Waals surface area contributed by atoms with E-state index in [4.69, 9.17) is 11.6 Å². The number of aromatic nitrogens is 2. The van der Waals surface area contributed by atoms with Crippen molar-refractivity contribution in [1.29, 1.82) is 0 Å². The van der Waals surface area contributed by atoms with Crippen LogP contribution in [0.15, 0.2) is 61.1 Å². The molecule has 0 fully saturated rings. The first-order chi connectivity index (χ1) is 13.5. The second-order valence-corrected chi connectivity index (χ2v) is 7.02. The highest BCUT2D eigenvalue weighted by Crippen LogP contribution is 2.27. The summed E-state index contributed by atoms with van der Waals surface area (Å²) in [6.45, 7) is 0. The van der Waals surface area contributed by atoms with Crippen LogP contribution < -0.4 is 10.2 Å². The molecule has 28 heavy (non-hydrogen) atoms. The van der Waals surface area contributed by atoms with Crippen molar-refractivity contribution in [2.45, 2.75) is 12.5 Å². The first-order valence-electron chi connectivity index (χ1n) is 8.76. The largest absolute Gasteiger partial charge is 0.340 e. The highest BCUT2D eigenvalue weighted by atomic mass is 35.5. The molecule has 0 saturated carbocycles. The summed E-state index contributed by atoms with van der Waals surface area (Å²) in [5, 5.41) is 3.28. The molecule has 0 radical (unpaired) electrons. The van der Waals surface area contributed by atoms with Gasteiger partial charge in [-0.15, -0.1) is 0 Å². The van der Waals surface area contributed by atoms with E-state index in [0.717, 1.165) is 16.8 Å². The van der Waals surface area contributed by atoms with E-state index in [1.807, 2.05) is 30.3 Å². The molecule has 2 aromatic carbocycles. The molecule has 0 spiro atoms. The monoisotopic (exact) mass is 392 g/mol. The lowest BCUT2D eigenvalue weighted by Crippen LogP contribution is -2.45. The summed E-state index contributed by atoms with van der Waals surface area (Å²) in [7, 11) is 1.67. The number of hydrogen-bond acceptors (Lipinski definition) is 4. The van der Waals surface area contributed by atoms with Gasteiger partial charge in [-0.25, -0.2) is 9.97 Å². The molecule has 6 nitrogen and oxygen atoms in total. The van der Waals surface area contributed by atoms with Crippen molar-refractivity contribution < 1.29 is 9.59 Å². The van der Waals surface area contributed by atoms with Crippen molar-refractivity contribution in [1.82, 2.24) is 15.3 Å². The maximum Gasteiger partial charge on any atom is 0.254 e. The quantitative estimate of drug-likeness (QED) is 0.743. The molecule has 2 amide bonds. The molecule has 1 N–H and O–H groups in total. The summed E-state index contributed by atoms with van der Waals surface area (Å²) >= 11 is 6.02. The van der Waals surface area contributed by atoms with Crippen LogP contribution in [0.4, 0.5) is 5.69 Å². The van der Waals surface area contributed by atoms with Gasteiger partial charge in [0.2, 0.25) is 5.91 Å². The number of carbonyl (C=O) groups is 2. The summed E-state index contributed by atoms with van der Waals surface area (Å²) in [5.41, 5.74) is 3.67. The Hall–Kier alpha value is -3.25. The summed E-state index contributed by atoms with van der Waals surface area (Å²) in [6.07, 6.45) is 3.58. The van der Waals surface area contributed by atoms with Crippen molar-refractivity contribution in [2.75, 3.05) is 11.9 Å². The topological polar surface area (TPSA) is 75.2 Å². The van der Waals surface area contributed by atoms with Crippen LogP contribution in [0.1, 0.15) is 15.9 Å². The Labute approximate surface area is 167 Å². The Bertz CT molecular complexity index is 1040. The molecule has 0 aliphatic carbocycles. The van der Waals surface area contributed by atoms with Crippen LogP contribution in [0.5, 0.6) is 0 Å². The smallest absolute Gasteiger partial charge is 0.254 e. The first-order valence-corrected chi connectivity index (χ1v) is 9.14. The molecule has 1 aromatic heterocycles. The van der Waals surface area contributed by atoms with Crippen molar-refractivity contribution in [3.8, 4) is 11.3 Å². The van der Waals surface area contributed by atoms with E-state index in [0.29, 0.717) is 22.7 Å². The minimum absolute atomic E-state index is 0.172. The summed E-state index contributed by atoms with van der Waals surface area (Å²) in [6, 6.07) is 13.9. The fraction of sp³-hybridized carbons (Fsp3) is 0.143. The number of nitrogens with one attached hydrogen (secondary N) is 1. The Morgan fingerprint density at radius 2 is 1.89 bits per heavy atom. The summed E-state index contributed by atoms with van der Waals surface area (Å²) in [5.74, 6) is -0.480. The summed E-state index contributed by atoms with van der Waals surface area (Å²) < 4.78 is 0. The standard InChI is InChI=1S/C21H17ClN4O2/c1-26-19-7-6-15(22)11-16(19)20(27)25-18(21(26)28)10-13-2-4-14(5-3-13)17-8-9-23-12-24-17/h2-9,11-12,18H,10H2,1H3,(H,25,27). The number of likely N-dealkylation sites (N-methyl/N-ethyl adjacent to an activating group) is 1. The lowest BCUT2D eigenvalue weighted by atomic mass is 10.0. The second kappa shape index (κ2) is 7.40. The van der Waals surface area contributed by atoms with Gasteiger partial charge in [0.1, 0.15) is 12.4 Å². The number of carbonyl (C=O) groups excluding carboxylic acids is 2. The molecule has 4 rings (SSSR count). The lowest BCUT2D eigenvalue weighted by molar-refractivity contribution is -0.120. The van der Waals surface area contributed by atoms with E-state index in [1.165, 1.54) is 11.2 Å². The number of benzene rings is 2. The van der Waals surface area contributed by atoms with Gasteiger partial charge in [0.15, 0.2) is 0 Å². The Morgan fingerprint density at radius 3 is 2.61 bits per heavy atom. The molecule has 3 aromatic rings. The molecule has 1 aliphatic heterocycles. The maximum atomic E-state index is 12.9. The van der Waals surface area contributed by atoms with Crippen molar-refractivity contribution in [3.63, 3.8) is 0 Å². The first kappa shape index (κ1) is 18.1. The molecule has 2 heterocycles. The van der Waals surface area contributed by atoms with Crippen LogP contribution in [0.25, 0.3) is 11.3 Å². The van der Waals surface area contributed by atoms with E-state index in [9.17, 15) is 9.59 Å². The third-order valence-corrected chi connectivity index (χ3v) is 5.01. The fourth-order valence-corrected chi connectivity index (χ4v) is 3.45. The Balaban J connectivity index is 1.57. The number of hydrogen-bond donors (Lipinski definition) is 1. The minimum Gasteiger partial charge on any atom is -0.340 e. The molecule has 7 heteroatoms. The average molecular weight is 393 g/mol. The predicted molar refractivity (Wildman–Crippen MR) is 107 cm³/mol. The molecular formula is C21H17ClN4O2. The highest BCUT2D eigenvalue weighted by molar-refractivity contribution is 6.31. The van der Waals surface area contributed by atoms with E-state index in [2.05, 4.69) is 15.3 Å². The zero-order valence-electron chi connectivity index (χ0n) is 15.1. The third kappa shape index (κ3) is 3.46. The van der Waals surface area contributed by atoms with Gasteiger partial charge in [0, 0.05) is 30.3 Å². The van der Waals surface area contributed by atoms with Crippen molar-refractivity contribution >= 4 is 29.1 Å². The molecule has 0 saturated heterocycles. The molecule has 1 aliphatic rings. The molecular weight excluding hydrogens is 376 g/mol. The zero-order chi connectivity index (χ0) is 19.7. The molecule has 0 bridgehead atoms. The maximum absolute atomic E-state index is 12.9. The van der Waals surface area contributed by atoms with Gasteiger partial charge in [-0.3, -0.25) is 9.59 Å². The third-order valence-electron chi connectivity index (χ3n) is 4.77. The number of rotatable bonds is 3. The van der Waals surface area contributed by atoms with Gasteiger partial charge in [-0.1, -0.05) is 35.9 Å². The zero-order valence-corrected chi connectivity index (χ0v) is 15.8. The number of halogens is 1. The Kier molecular flexibility index (Phi) is 4.79. The number of amides is 2. The Morgan fingerprint density at radius 1 is 1.11 bits per heavy atom. The summed E-state index contributed by atoms with van der Waals surface area (Å²) in [4.78, 5) is 35.2. The van der Waals surface area contributed by atoms with Crippen molar-refractivity contribution in [3.05, 3.63) is 77.2 Å². The number of anilines is 1. The van der Waals surface area contributed by atoms with Crippen molar-refractivity contribution in [2.24, 2.45) is 0 Å². The van der Waals surface area contributed by atoms with Crippen LogP contribution in [0, 0.1) is 0 Å². The lowest BCUT2D eigenvalue weighted by Gasteiger charge is -2.21. The SMILES string of the molecule is CN1C(=O)C(Cc2ccc(-c3ccncn3)cc2)NC(=O)c2cc(Cl)ccc21. The molecule has 1 unspecified atom stereocenters.